The Kier molecular flexibility index (Phi) is 8.99. The minimum Gasteiger partial charge on any atom is -0.349 e. The van der Waals surface area contributed by atoms with Gasteiger partial charge in [0.05, 0.1) is 0 Å². The molecule has 0 amide bonds. The quantitative estimate of drug-likeness (QED) is 0.433. The molecule has 0 atom stereocenters. The predicted octanol–water partition coefficient (Wildman–Crippen LogP) is 3.30. The molecule has 1 fully saturated rings. The first-order valence-electron chi connectivity index (χ1n) is 6.93. The fourth-order valence-electron chi connectivity index (χ4n) is 2.72. The second-order valence-electron chi connectivity index (χ2n) is 5.72. The van der Waals surface area contributed by atoms with Gasteiger partial charge in [0.15, 0.2) is 5.96 Å². The second kappa shape index (κ2) is 8.99. The summed E-state index contributed by atoms with van der Waals surface area (Å²) >= 11 is 0. The second-order valence-corrected chi connectivity index (χ2v) is 5.72. The van der Waals surface area contributed by atoms with Crippen LogP contribution in [0.2, 0.25) is 0 Å². The van der Waals surface area contributed by atoms with Crippen molar-refractivity contribution in [3.63, 3.8) is 0 Å². The van der Waals surface area contributed by atoms with Gasteiger partial charge in [0.1, 0.15) is 0 Å². The van der Waals surface area contributed by atoms with Gasteiger partial charge in [-0.1, -0.05) is 26.2 Å². The van der Waals surface area contributed by atoms with Gasteiger partial charge in [0.2, 0.25) is 0 Å². The smallest absolute Gasteiger partial charge is 0.195 e. The maximum Gasteiger partial charge on any atom is 0.195 e. The minimum atomic E-state index is 0. The molecule has 0 spiro atoms. The van der Waals surface area contributed by atoms with Gasteiger partial charge in [-0.3, -0.25) is 4.99 Å². The molecule has 0 radical (unpaired) electrons. The van der Waals surface area contributed by atoms with Crippen molar-refractivity contribution in [1.82, 2.24) is 9.80 Å². The van der Waals surface area contributed by atoms with Crippen LogP contribution in [0.1, 0.15) is 39.0 Å². The Balaban J connectivity index is 0.00000289. The van der Waals surface area contributed by atoms with Gasteiger partial charge < -0.3 is 9.80 Å². The highest BCUT2D eigenvalue weighted by Crippen LogP contribution is 2.30. The van der Waals surface area contributed by atoms with Crippen LogP contribution in [0.25, 0.3) is 0 Å². The van der Waals surface area contributed by atoms with E-state index in [0.717, 1.165) is 24.3 Å². The van der Waals surface area contributed by atoms with Gasteiger partial charge in [-0.15, -0.1) is 24.0 Å². The first kappa shape index (κ1) is 18.0. The molecule has 0 aromatic heterocycles. The average Bonchev–Trinajstić information content (AvgIpc) is 2.29. The van der Waals surface area contributed by atoms with E-state index < -0.39 is 0 Å². The molecule has 0 aliphatic heterocycles. The number of nitrogens with zero attached hydrogens (tertiary/aromatic N) is 3. The van der Waals surface area contributed by atoms with Crippen molar-refractivity contribution in [2.75, 3.05) is 34.7 Å². The summed E-state index contributed by atoms with van der Waals surface area (Å²) in [7, 11) is 8.25. The van der Waals surface area contributed by atoms with E-state index in [0.29, 0.717) is 0 Å². The van der Waals surface area contributed by atoms with Crippen LogP contribution < -0.4 is 0 Å². The topological polar surface area (TPSA) is 18.8 Å². The van der Waals surface area contributed by atoms with Crippen LogP contribution in [-0.2, 0) is 0 Å². The fourth-order valence-corrected chi connectivity index (χ4v) is 2.72. The van der Waals surface area contributed by atoms with Crippen molar-refractivity contribution >= 4 is 29.9 Å². The lowest BCUT2D eigenvalue weighted by Crippen LogP contribution is -2.36. The molecule has 1 rings (SSSR count). The maximum atomic E-state index is 4.77. The van der Waals surface area contributed by atoms with Crippen LogP contribution in [0, 0.1) is 11.8 Å². The van der Waals surface area contributed by atoms with Gasteiger partial charge >= 0.3 is 0 Å². The number of aliphatic imine (C=N–C) groups is 1. The number of hydrogen-bond donors (Lipinski definition) is 0. The molecule has 0 N–H and O–H groups in total. The molecule has 0 saturated heterocycles. The Bertz CT molecular complexity index is 233. The fraction of sp³-hybridized carbons (Fsp3) is 0.929. The van der Waals surface area contributed by atoms with Crippen molar-refractivity contribution in [1.29, 1.82) is 0 Å². The molecular formula is C14H30IN3. The van der Waals surface area contributed by atoms with Gasteiger partial charge in [-0.05, 0) is 24.7 Å². The van der Waals surface area contributed by atoms with Gasteiger partial charge in [0, 0.05) is 34.7 Å². The highest BCUT2D eigenvalue weighted by molar-refractivity contribution is 14.0. The Labute approximate surface area is 130 Å². The molecule has 1 aliphatic carbocycles. The molecule has 1 aliphatic rings. The molecule has 0 aromatic rings. The minimum absolute atomic E-state index is 0. The van der Waals surface area contributed by atoms with E-state index in [1.54, 1.807) is 0 Å². The third-order valence-electron chi connectivity index (χ3n) is 3.83. The monoisotopic (exact) mass is 367 g/mol. The van der Waals surface area contributed by atoms with E-state index in [9.17, 15) is 0 Å². The molecule has 0 unspecified atom stereocenters. The van der Waals surface area contributed by atoms with Crippen molar-refractivity contribution in [3.05, 3.63) is 0 Å². The summed E-state index contributed by atoms with van der Waals surface area (Å²) in [5, 5.41) is 0. The molecule has 18 heavy (non-hydrogen) atoms. The summed E-state index contributed by atoms with van der Waals surface area (Å²) in [6.45, 7) is 3.32. The van der Waals surface area contributed by atoms with Gasteiger partial charge in [0.25, 0.3) is 0 Å². The Morgan fingerprint density at radius 1 is 0.944 bits per heavy atom. The van der Waals surface area contributed by atoms with Crippen LogP contribution in [0.15, 0.2) is 4.99 Å². The van der Waals surface area contributed by atoms with Crippen LogP contribution in [0.4, 0.5) is 0 Å². The third-order valence-corrected chi connectivity index (χ3v) is 3.83. The zero-order valence-corrected chi connectivity index (χ0v) is 15.0. The molecule has 1 saturated carbocycles. The zero-order chi connectivity index (χ0) is 12.8. The van der Waals surface area contributed by atoms with Crippen LogP contribution in [-0.4, -0.2) is 50.5 Å². The Morgan fingerprint density at radius 3 is 1.78 bits per heavy atom. The SMILES string of the molecule is CCC1CCC(CN=C(N(C)C)N(C)C)CC1.I. The van der Waals surface area contributed by atoms with Crippen molar-refractivity contribution in [3.8, 4) is 0 Å². The molecule has 108 valence electrons. The molecule has 0 heterocycles. The van der Waals surface area contributed by atoms with Crippen molar-refractivity contribution < 1.29 is 0 Å². The van der Waals surface area contributed by atoms with E-state index >= 15 is 0 Å². The molecular weight excluding hydrogens is 337 g/mol. The predicted molar refractivity (Wildman–Crippen MR) is 90.8 cm³/mol. The summed E-state index contributed by atoms with van der Waals surface area (Å²) in [6, 6.07) is 0. The largest absolute Gasteiger partial charge is 0.349 e. The number of halogens is 1. The van der Waals surface area contributed by atoms with Crippen molar-refractivity contribution in [2.24, 2.45) is 16.8 Å². The lowest BCUT2D eigenvalue weighted by atomic mass is 9.81. The van der Waals surface area contributed by atoms with Crippen molar-refractivity contribution in [2.45, 2.75) is 39.0 Å². The number of hydrogen-bond acceptors (Lipinski definition) is 1. The highest BCUT2D eigenvalue weighted by Gasteiger charge is 2.19. The van der Waals surface area contributed by atoms with Gasteiger partial charge in [-0.25, -0.2) is 0 Å². The third kappa shape index (κ3) is 5.76. The lowest BCUT2D eigenvalue weighted by Gasteiger charge is -2.28. The van der Waals surface area contributed by atoms with E-state index in [2.05, 4.69) is 44.9 Å². The normalized spacial score (nSPS) is 22.9. The number of guanidine groups is 1. The van der Waals surface area contributed by atoms with Crippen LogP contribution >= 0.6 is 24.0 Å². The summed E-state index contributed by atoms with van der Waals surface area (Å²) in [6.07, 6.45) is 6.93. The highest BCUT2D eigenvalue weighted by atomic mass is 127. The first-order valence-corrected chi connectivity index (χ1v) is 6.93. The maximum absolute atomic E-state index is 4.77. The molecule has 0 bridgehead atoms. The molecule has 4 heteroatoms. The summed E-state index contributed by atoms with van der Waals surface area (Å²) < 4.78 is 0. The standard InChI is InChI=1S/C14H29N3.HI/c1-6-12-7-9-13(10-8-12)11-15-14(16(2)3)17(4)5;/h12-13H,6-11H2,1-5H3;1H. The summed E-state index contributed by atoms with van der Waals surface area (Å²) in [5.41, 5.74) is 0. The van der Waals surface area contributed by atoms with Crippen LogP contribution in [0.3, 0.4) is 0 Å². The van der Waals surface area contributed by atoms with E-state index in [-0.39, 0.29) is 24.0 Å². The Morgan fingerprint density at radius 2 is 1.39 bits per heavy atom. The number of rotatable bonds is 3. The van der Waals surface area contributed by atoms with E-state index in [1.165, 1.54) is 32.1 Å². The summed E-state index contributed by atoms with van der Waals surface area (Å²) in [4.78, 5) is 8.96. The van der Waals surface area contributed by atoms with E-state index in [1.807, 2.05) is 0 Å². The van der Waals surface area contributed by atoms with Gasteiger partial charge in [-0.2, -0.15) is 0 Å². The lowest BCUT2D eigenvalue weighted by molar-refractivity contribution is 0.273. The average molecular weight is 367 g/mol. The molecule has 3 nitrogen and oxygen atoms in total. The van der Waals surface area contributed by atoms with E-state index in [4.69, 9.17) is 4.99 Å². The molecule has 0 aromatic carbocycles. The zero-order valence-electron chi connectivity index (χ0n) is 12.6. The van der Waals surface area contributed by atoms with Crippen LogP contribution in [0.5, 0.6) is 0 Å². The first-order chi connectivity index (χ1) is 8.04. The summed E-state index contributed by atoms with van der Waals surface area (Å²) in [5.74, 6) is 2.88. The Hall–Kier alpha value is 0.